The monoisotopic (exact) mass is 198 g/mol. The largest absolute Gasteiger partial charge is 0.396 e. The molecule has 14 heavy (non-hydrogen) atoms. The average Bonchev–Trinajstić information content (AvgIpc) is 2.66. The van der Waals surface area contributed by atoms with E-state index in [0.29, 0.717) is 0 Å². The van der Waals surface area contributed by atoms with Gasteiger partial charge in [0.15, 0.2) is 11.6 Å². The van der Waals surface area contributed by atoms with Crippen LogP contribution < -0.4 is 11.1 Å². The second-order valence-electron chi connectivity index (χ2n) is 3.60. The molecule has 3 N–H and O–H groups in total. The van der Waals surface area contributed by atoms with Crippen LogP contribution in [0.2, 0.25) is 0 Å². The lowest BCUT2D eigenvalue weighted by Crippen LogP contribution is -2.09. The molecule has 1 saturated heterocycles. The molecule has 0 radical (unpaired) electrons. The van der Waals surface area contributed by atoms with Gasteiger partial charge < -0.3 is 11.1 Å². The summed E-state index contributed by atoms with van der Waals surface area (Å²) in [5, 5.41) is 3.17. The highest BCUT2D eigenvalue weighted by molar-refractivity contribution is 5.44. The lowest BCUT2D eigenvalue weighted by Gasteiger charge is -2.10. The van der Waals surface area contributed by atoms with Crippen molar-refractivity contribution in [2.24, 2.45) is 0 Å². The topological polar surface area (TPSA) is 38.0 Å². The van der Waals surface area contributed by atoms with Gasteiger partial charge in [0.1, 0.15) is 0 Å². The van der Waals surface area contributed by atoms with Crippen LogP contribution in [-0.4, -0.2) is 13.1 Å². The molecule has 1 heterocycles. The van der Waals surface area contributed by atoms with Crippen molar-refractivity contribution in [1.29, 1.82) is 0 Å². The van der Waals surface area contributed by atoms with Gasteiger partial charge in [-0.2, -0.15) is 0 Å². The normalized spacial score (nSPS) is 21.4. The van der Waals surface area contributed by atoms with Gasteiger partial charge in [0.05, 0.1) is 5.69 Å². The SMILES string of the molecule is Nc1cc(C2CCNC2)cc(F)c1F. The Bertz CT molecular complexity index is 323. The number of benzene rings is 1. The molecule has 0 amide bonds. The molecule has 2 rings (SSSR count). The number of rotatable bonds is 1. The molecule has 76 valence electrons. The van der Waals surface area contributed by atoms with E-state index in [1.807, 2.05) is 0 Å². The van der Waals surface area contributed by atoms with Crippen LogP contribution in [-0.2, 0) is 0 Å². The Hall–Kier alpha value is -1.16. The van der Waals surface area contributed by atoms with Crippen molar-refractivity contribution in [3.05, 3.63) is 29.3 Å². The zero-order chi connectivity index (χ0) is 10.1. The van der Waals surface area contributed by atoms with Crippen molar-refractivity contribution in [3.8, 4) is 0 Å². The lowest BCUT2D eigenvalue weighted by molar-refractivity contribution is 0.509. The van der Waals surface area contributed by atoms with Gasteiger partial charge in [-0.05, 0) is 36.6 Å². The predicted octanol–water partition coefficient (Wildman–Crippen LogP) is 1.62. The first-order valence-corrected chi connectivity index (χ1v) is 4.63. The molecule has 0 aliphatic carbocycles. The molecule has 1 aromatic carbocycles. The number of hydrogen-bond donors (Lipinski definition) is 2. The second kappa shape index (κ2) is 3.53. The highest BCUT2D eigenvalue weighted by Gasteiger charge is 2.19. The van der Waals surface area contributed by atoms with Crippen LogP contribution in [0.3, 0.4) is 0 Å². The Balaban J connectivity index is 2.34. The smallest absolute Gasteiger partial charge is 0.181 e. The molecule has 1 aromatic rings. The van der Waals surface area contributed by atoms with E-state index >= 15 is 0 Å². The van der Waals surface area contributed by atoms with Crippen molar-refractivity contribution < 1.29 is 8.78 Å². The minimum absolute atomic E-state index is 0.105. The third-order valence-electron chi connectivity index (χ3n) is 2.61. The Morgan fingerprint density at radius 2 is 2.14 bits per heavy atom. The maximum Gasteiger partial charge on any atom is 0.181 e. The molecule has 0 aromatic heterocycles. The molecule has 1 aliphatic heterocycles. The maximum absolute atomic E-state index is 13.0. The maximum atomic E-state index is 13.0. The average molecular weight is 198 g/mol. The van der Waals surface area contributed by atoms with Crippen LogP contribution in [0.4, 0.5) is 14.5 Å². The Kier molecular flexibility index (Phi) is 2.37. The molecule has 0 bridgehead atoms. The fourth-order valence-electron chi connectivity index (χ4n) is 1.81. The third kappa shape index (κ3) is 1.57. The zero-order valence-electron chi connectivity index (χ0n) is 7.69. The van der Waals surface area contributed by atoms with Crippen molar-refractivity contribution in [2.75, 3.05) is 18.8 Å². The van der Waals surface area contributed by atoms with Crippen LogP contribution >= 0.6 is 0 Å². The van der Waals surface area contributed by atoms with E-state index in [2.05, 4.69) is 5.32 Å². The molecule has 2 nitrogen and oxygen atoms in total. The number of halogens is 2. The van der Waals surface area contributed by atoms with Gasteiger partial charge in [0, 0.05) is 6.54 Å². The molecule has 1 fully saturated rings. The Morgan fingerprint density at radius 3 is 2.71 bits per heavy atom. The predicted molar refractivity (Wildman–Crippen MR) is 51.0 cm³/mol. The number of anilines is 1. The fraction of sp³-hybridized carbons (Fsp3) is 0.400. The molecule has 4 heteroatoms. The van der Waals surface area contributed by atoms with Gasteiger partial charge >= 0.3 is 0 Å². The van der Waals surface area contributed by atoms with Crippen molar-refractivity contribution >= 4 is 5.69 Å². The van der Waals surface area contributed by atoms with Gasteiger partial charge in [-0.3, -0.25) is 0 Å². The summed E-state index contributed by atoms with van der Waals surface area (Å²) in [4.78, 5) is 0. The summed E-state index contributed by atoms with van der Waals surface area (Å²) in [5.41, 5.74) is 6.03. The first kappa shape index (κ1) is 9.40. The lowest BCUT2D eigenvalue weighted by atomic mass is 9.98. The van der Waals surface area contributed by atoms with Gasteiger partial charge in [-0.15, -0.1) is 0 Å². The Morgan fingerprint density at radius 1 is 1.36 bits per heavy atom. The summed E-state index contributed by atoms with van der Waals surface area (Å²) >= 11 is 0. The van der Waals surface area contributed by atoms with E-state index < -0.39 is 11.6 Å². The first-order chi connectivity index (χ1) is 6.68. The first-order valence-electron chi connectivity index (χ1n) is 4.63. The van der Waals surface area contributed by atoms with E-state index in [4.69, 9.17) is 5.73 Å². The highest BCUT2D eigenvalue weighted by Crippen LogP contribution is 2.26. The fourth-order valence-corrected chi connectivity index (χ4v) is 1.81. The molecular formula is C10H12F2N2. The van der Waals surface area contributed by atoms with Crippen molar-refractivity contribution in [1.82, 2.24) is 5.32 Å². The summed E-state index contributed by atoms with van der Waals surface area (Å²) in [7, 11) is 0. The number of hydrogen-bond acceptors (Lipinski definition) is 2. The van der Waals surface area contributed by atoms with E-state index in [0.717, 1.165) is 25.1 Å². The van der Waals surface area contributed by atoms with Gasteiger partial charge in [0.25, 0.3) is 0 Å². The summed E-state index contributed by atoms with van der Waals surface area (Å²) in [6.45, 7) is 1.73. The van der Waals surface area contributed by atoms with Crippen LogP contribution in [0.25, 0.3) is 0 Å². The third-order valence-corrected chi connectivity index (χ3v) is 2.61. The molecular weight excluding hydrogens is 186 g/mol. The molecule has 0 spiro atoms. The minimum atomic E-state index is -0.945. The zero-order valence-corrected chi connectivity index (χ0v) is 7.69. The van der Waals surface area contributed by atoms with Crippen molar-refractivity contribution in [3.63, 3.8) is 0 Å². The van der Waals surface area contributed by atoms with E-state index in [9.17, 15) is 8.78 Å². The molecule has 1 unspecified atom stereocenters. The van der Waals surface area contributed by atoms with Crippen LogP contribution in [0.5, 0.6) is 0 Å². The van der Waals surface area contributed by atoms with E-state index in [-0.39, 0.29) is 11.6 Å². The second-order valence-corrected chi connectivity index (χ2v) is 3.60. The minimum Gasteiger partial charge on any atom is -0.396 e. The van der Waals surface area contributed by atoms with Gasteiger partial charge in [-0.1, -0.05) is 0 Å². The van der Waals surface area contributed by atoms with Gasteiger partial charge in [-0.25, -0.2) is 8.78 Å². The van der Waals surface area contributed by atoms with Crippen LogP contribution in [0.15, 0.2) is 12.1 Å². The Labute approximate surface area is 81.1 Å². The van der Waals surface area contributed by atoms with Crippen LogP contribution in [0, 0.1) is 11.6 Å². The summed E-state index contributed by atoms with van der Waals surface area (Å²) in [5.74, 6) is -1.54. The standard InChI is InChI=1S/C10H12F2N2/c11-8-3-7(4-9(13)10(8)12)6-1-2-14-5-6/h3-4,6,14H,1-2,5,13H2. The molecule has 1 aliphatic rings. The van der Waals surface area contributed by atoms with Crippen LogP contribution in [0.1, 0.15) is 17.9 Å². The quantitative estimate of drug-likeness (QED) is 0.673. The number of nitrogens with one attached hydrogen (secondary N) is 1. The number of nitrogen functional groups attached to an aromatic ring is 1. The highest BCUT2D eigenvalue weighted by atomic mass is 19.2. The number of nitrogens with two attached hydrogens (primary N) is 1. The van der Waals surface area contributed by atoms with E-state index in [1.54, 1.807) is 0 Å². The van der Waals surface area contributed by atoms with Crippen molar-refractivity contribution in [2.45, 2.75) is 12.3 Å². The molecule has 0 saturated carbocycles. The van der Waals surface area contributed by atoms with Gasteiger partial charge in [0.2, 0.25) is 0 Å². The summed E-state index contributed by atoms with van der Waals surface area (Å²) < 4.78 is 25.9. The summed E-state index contributed by atoms with van der Waals surface area (Å²) in [6.07, 6.45) is 0.949. The summed E-state index contributed by atoms with van der Waals surface area (Å²) in [6, 6.07) is 2.76. The van der Waals surface area contributed by atoms with E-state index in [1.165, 1.54) is 12.1 Å². The molecule has 1 atom stereocenters.